The number of hydrogen-bond donors (Lipinski definition) is 2. The van der Waals surface area contributed by atoms with Gasteiger partial charge in [0.25, 0.3) is 0 Å². The lowest BCUT2D eigenvalue weighted by molar-refractivity contribution is -0.146. The third-order valence-electron chi connectivity index (χ3n) is 2.27. The first-order chi connectivity index (χ1) is 7.16. The lowest BCUT2D eigenvalue weighted by Crippen LogP contribution is -2.57. The zero-order chi connectivity index (χ0) is 10.8. The van der Waals surface area contributed by atoms with Crippen molar-refractivity contribution >= 4 is 29.5 Å². The summed E-state index contributed by atoms with van der Waals surface area (Å²) in [6, 6.07) is -0.256. The smallest absolute Gasteiger partial charge is 0.246 e. The Balaban J connectivity index is 1.99. The van der Waals surface area contributed by atoms with Gasteiger partial charge in [0.1, 0.15) is 13.1 Å². The van der Waals surface area contributed by atoms with E-state index in [4.69, 9.17) is 0 Å². The highest BCUT2D eigenvalue weighted by Gasteiger charge is 2.32. The number of piperazine rings is 1. The van der Waals surface area contributed by atoms with Crippen molar-refractivity contribution in [1.29, 1.82) is 0 Å². The molecule has 2 N–H and O–H groups in total. The fraction of sp³-hybridized carbons (Fsp3) is 0.625. The van der Waals surface area contributed by atoms with Crippen LogP contribution in [0.1, 0.15) is 0 Å². The number of imide groups is 1. The van der Waals surface area contributed by atoms with E-state index in [0.717, 1.165) is 5.88 Å². The quantitative estimate of drug-likeness (QED) is 0.515. The summed E-state index contributed by atoms with van der Waals surface area (Å²) in [5.74, 6) is 0.453. The van der Waals surface area contributed by atoms with Gasteiger partial charge >= 0.3 is 0 Å². The van der Waals surface area contributed by atoms with Crippen LogP contribution < -0.4 is 10.6 Å². The second-order valence-corrected chi connectivity index (χ2v) is 4.47. The summed E-state index contributed by atoms with van der Waals surface area (Å²) >= 11 is 1.63. The molecule has 82 valence electrons. The van der Waals surface area contributed by atoms with Gasteiger partial charge in [0.2, 0.25) is 17.7 Å². The van der Waals surface area contributed by atoms with Gasteiger partial charge < -0.3 is 4.90 Å². The van der Waals surface area contributed by atoms with Crippen LogP contribution in [0.3, 0.4) is 0 Å². The van der Waals surface area contributed by atoms with E-state index in [9.17, 15) is 14.4 Å². The Kier molecular flexibility index (Phi) is 2.92. The minimum absolute atomic E-state index is 0.0204. The second-order valence-electron chi connectivity index (χ2n) is 3.44. The topological polar surface area (TPSA) is 78.5 Å². The minimum atomic E-state index is -0.412. The summed E-state index contributed by atoms with van der Waals surface area (Å²) in [4.78, 5) is 35.2. The molecule has 0 aliphatic carbocycles. The van der Waals surface area contributed by atoms with E-state index in [2.05, 4.69) is 10.6 Å². The van der Waals surface area contributed by atoms with Crippen LogP contribution in [0.5, 0.6) is 0 Å². The first-order valence-electron chi connectivity index (χ1n) is 4.59. The Bertz CT molecular complexity index is 298. The van der Waals surface area contributed by atoms with Crippen LogP contribution in [0, 0.1) is 0 Å². The van der Waals surface area contributed by atoms with Gasteiger partial charge in [-0.25, -0.2) is 0 Å². The molecule has 0 aromatic carbocycles. The molecule has 0 saturated carbocycles. The Morgan fingerprint density at radius 2 is 2.00 bits per heavy atom. The summed E-state index contributed by atoms with van der Waals surface area (Å²) in [6.07, 6.45) is 0. The van der Waals surface area contributed by atoms with Gasteiger partial charge in [-0.15, -0.1) is 11.8 Å². The third kappa shape index (κ3) is 2.29. The van der Waals surface area contributed by atoms with Crippen molar-refractivity contribution < 1.29 is 14.4 Å². The van der Waals surface area contributed by atoms with Gasteiger partial charge in [-0.3, -0.25) is 25.0 Å². The van der Waals surface area contributed by atoms with Crippen LogP contribution >= 0.6 is 11.8 Å². The molecule has 0 aromatic rings. The summed E-state index contributed by atoms with van der Waals surface area (Å²) in [6.45, 7) is -0.0408. The zero-order valence-electron chi connectivity index (χ0n) is 7.99. The fourth-order valence-corrected chi connectivity index (χ4v) is 2.50. The Hall–Kier alpha value is -1.08. The van der Waals surface area contributed by atoms with Crippen molar-refractivity contribution in [3.8, 4) is 0 Å². The number of amides is 3. The summed E-state index contributed by atoms with van der Waals surface area (Å²) in [5.41, 5.74) is 0. The van der Waals surface area contributed by atoms with Gasteiger partial charge in [0, 0.05) is 11.6 Å². The molecule has 0 aromatic heterocycles. The first kappa shape index (κ1) is 10.4. The van der Waals surface area contributed by atoms with Crippen LogP contribution in [0.2, 0.25) is 0 Å². The maximum absolute atomic E-state index is 11.8. The largest absolute Gasteiger partial charge is 0.323 e. The Morgan fingerprint density at radius 3 is 2.53 bits per heavy atom. The van der Waals surface area contributed by atoms with Gasteiger partial charge in [0.05, 0.1) is 6.04 Å². The number of carbonyl (C=O) groups excluding carboxylic acids is 3. The highest BCUT2D eigenvalue weighted by Crippen LogP contribution is 2.12. The standard InChI is InChI=1S/C8H11N3O3S/c12-6-1-11(2-7(13)10-6)8(14)5-3-15-4-9-5/h5,9H,1-4H2,(H,10,12,13). The van der Waals surface area contributed by atoms with E-state index in [1.165, 1.54) is 4.90 Å². The van der Waals surface area contributed by atoms with Crippen molar-refractivity contribution in [2.45, 2.75) is 6.04 Å². The third-order valence-corrected chi connectivity index (χ3v) is 3.21. The lowest BCUT2D eigenvalue weighted by Gasteiger charge is -2.27. The highest BCUT2D eigenvalue weighted by molar-refractivity contribution is 7.99. The van der Waals surface area contributed by atoms with Crippen LogP contribution in [0.15, 0.2) is 0 Å². The van der Waals surface area contributed by atoms with Crippen LogP contribution in [0.4, 0.5) is 0 Å². The molecule has 7 heteroatoms. The molecule has 2 fully saturated rings. The molecule has 2 aliphatic heterocycles. The van der Waals surface area contributed by atoms with Crippen molar-refractivity contribution in [2.75, 3.05) is 24.7 Å². The number of carbonyl (C=O) groups is 3. The van der Waals surface area contributed by atoms with Gasteiger partial charge in [0.15, 0.2) is 0 Å². The average molecular weight is 229 g/mol. The molecule has 6 nitrogen and oxygen atoms in total. The molecule has 15 heavy (non-hydrogen) atoms. The van der Waals surface area contributed by atoms with E-state index >= 15 is 0 Å². The van der Waals surface area contributed by atoms with Crippen molar-refractivity contribution in [3.05, 3.63) is 0 Å². The van der Waals surface area contributed by atoms with E-state index < -0.39 is 11.8 Å². The maximum atomic E-state index is 11.8. The van der Waals surface area contributed by atoms with Crippen LogP contribution in [0.25, 0.3) is 0 Å². The summed E-state index contributed by atoms with van der Waals surface area (Å²) in [5, 5.41) is 5.17. The zero-order valence-corrected chi connectivity index (χ0v) is 8.80. The second kappa shape index (κ2) is 4.19. The number of nitrogens with one attached hydrogen (secondary N) is 2. The summed E-state index contributed by atoms with van der Waals surface area (Å²) < 4.78 is 0. The van der Waals surface area contributed by atoms with Gasteiger partial charge in [-0.05, 0) is 0 Å². The number of nitrogens with zero attached hydrogens (tertiary/aromatic N) is 1. The number of thioether (sulfide) groups is 1. The predicted octanol–water partition coefficient (Wildman–Crippen LogP) is -1.87. The average Bonchev–Trinajstić information content (AvgIpc) is 2.67. The normalized spacial score (nSPS) is 26.7. The van der Waals surface area contributed by atoms with Crippen LogP contribution in [-0.4, -0.2) is 53.4 Å². The summed E-state index contributed by atoms with van der Waals surface area (Å²) in [7, 11) is 0. The van der Waals surface area contributed by atoms with Crippen LogP contribution in [-0.2, 0) is 14.4 Å². The van der Waals surface area contributed by atoms with E-state index in [-0.39, 0.29) is 25.0 Å². The molecular formula is C8H11N3O3S. The Morgan fingerprint density at radius 1 is 1.33 bits per heavy atom. The molecule has 2 saturated heterocycles. The lowest BCUT2D eigenvalue weighted by atomic mass is 10.2. The van der Waals surface area contributed by atoms with Crippen molar-refractivity contribution in [3.63, 3.8) is 0 Å². The van der Waals surface area contributed by atoms with E-state index in [0.29, 0.717) is 5.75 Å². The SMILES string of the molecule is O=C1CN(C(=O)C2CSCN2)CC(=O)N1. The molecular weight excluding hydrogens is 218 g/mol. The molecule has 2 heterocycles. The number of rotatable bonds is 1. The Labute approximate surface area is 90.7 Å². The van der Waals surface area contributed by atoms with E-state index in [1.807, 2.05) is 0 Å². The molecule has 0 spiro atoms. The van der Waals surface area contributed by atoms with Gasteiger partial charge in [-0.1, -0.05) is 0 Å². The molecule has 3 amide bonds. The minimum Gasteiger partial charge on any atom is -0.323 e. The fourth-order valence-electron chi connectivity index (χ4n) is 1.57. The predicted molar refractivity (Wildman–Crippen MR) is 54.0 cm³/mol. The first-order valence-corrected chi connectivity index (χ1v) is 5.75. The molecule has 0 bridgehead atoms. The molecule has 1 atom stereocenters. The molecule has 2 rings (SSSR count). The van der Waals surface area contributed by atoms with Crippen molar-refractivity contribution in [2.24, 2.45) is 0 Å². The monoisotopic (exact) mass is 229 g/mol. The highest BCUT2D eigenvalue weighted by atomic mass is 32.2. The maximum Gasteiger partial charge on any atom is 0.246 e. The van der Waals surface area contributed by atoms with Crippen molar-refractivity contribution in [1.82, 2.24) is 15.5 Å². The van der Waals surface area contributed by atoms with E-state index in [1.54, 1.807) is 11.8 Å². The molecule has 2 aliphatic rings. The molecule has 0 radical (unpaired) electrons. The van der Waals surface area contributed by atoms with Gasteiger partial charge in [-0.2, -0.15) is 0 Å². The molecule has 1 unspecified atom stereocenters. The number of hydrogen-bond acceptors (Lipinski definition) is 5.